The molecule has 0 saturated heterocycles. The predicted molar refractivity (Wildman–Crippen MR) is 58.4 cm³/mol. The summed E-state index contributed by atoms with van der Waals surface area (Å²) in [5.74, 6) is 0. The highest BCUT2D eigenvalue weighted by molar-refractivity contribution is 7.58. The summed E-state index contributed by atoms with van der Waals surface area (Å²) in [6.07, 6.45) is 6.36. The van der Waals surface area contributed by atoms with Crippen molar-refractivity contribution in [3.8, 4) is 0 Å². The summed E-state index contributed by atoms with van der Waals surface area (Å²) in [7, 11) is 0.209. The smallest absolute Gasteiger partial charge is 0.0434 e. The predicted octanol–water partition coefficient (Wildman–Crippen LogP) is 3.06. The Bertz CT molecular complexity index is 85.8. The quantitative estimate of drug-likeness (QED) is 0.612. The fourth-order valence-corrected chi connectivity index (χ4v) is 3.79. The van der Waals surface area contributed by atoms with Gasteiger partial charge < -0.3 is 5.11 Å². The van der Waals surface area contributed by atoms with Crippen molar-refractivity contribution in [3.05, 3.63) is 0 Å². The Morgan fingerprint density at radius 2 is 1.75 bits per heavy atom. The van der Waals surface area contributed by atoms with Crippen molar-refractivity contribution < 1.29 is 5.11 Å². The van der Waals surface area contributed by atoms with Crippen molar-refractivity contribution in [1.29, 1.82) is 0 Å². The van der Waals surface area contributed by atoms with Gasteiger partial charge in [0.05, 0.1) is 0 Å². The highest BCUT2D eigenvalue weighted by Gasteiger charge is 2.10. The monoisotopic (exact) mass is 190 g/mol. The van der Waals surface area contributed by atoms with E-state index < -0.39 is 0 Å². The van der Waals surface area contributed by atoms with E-state index >= 15 is 0 Å². The van der Waals surface area contributed by atoms with Gasteiger partial charge in [-0.1, -0.05) is 27.2 Å². The van der Waals surface area contributed by atoms with Crippen molar-refractivity contribution in [2.75, 3.05) is 18.9 Å². The molecule has 0 heterocycles. The molecule has 0 saturated carbocycles. The van der Waals surface area contributed by atoms with Gasteiger partial charge in [0, 0.05) is 6.61 Å². The normalized spacial score (nSPS) is 13.8. The molecule has 0 amide bonds. The zero-order valence-corrected chi connectivity index (χ0v) is 9.61. The Hall–Kier alpha value is 0.390. The first kappa shape index (κ1) is 12.4. The van der Waals surface area contributed by atoms with E-state index in [4.69, 9.17) is 5.11 Å². The summed E-state index contributed by atoms with van der Waals surface area (Å²) in [5, 5.41) is 8.73. The third kappa shape index (κ3) is 5.97. The van der Waals surface area contributed by atoms with Crippen LogP contribution in [0.5, 0.6) is 0 Å². The lowest BCUT2D eigenvalue weighted by atomic mass is 10.4. The number of rotatable bonds is 7. The van der Waals surface area contributed by atoms with Gasteiger partial charge in [0.25, 0.3) is 0 Å². The Balaban J connectivity index is 3.55. The standard InChI is InChI=1S/C10H23OP/c1-4-5-8-12(10(2)3)9-6-7-11/h10-11H,4-9H2,1-3H3. The Labute approximate surface area is 78.3 Å². The molecule has 74 valence electrons. The van der Waals surface area contributed by atoms with Crippen LogP contribution in [-0.2, 0) is 0 Å². The van der Waals surface area contributed by atoms with Crippen LogP contribution < -0.4 is 0 Å². The lowest BCUT2D eigenvalue weighted by Crippen LogP contribution is -2.02. The first-order valence-corrected chi connectivity index (χ1v) is 6.85. The van der Waals surface area contributed by atoms with Crippen LogP contribution >= 0.6 is 7.92 Å². The van der Waals surface area contributed by atoms with Crippen LogP contribution in [-0.4, -0.2) is 29.7 Å². The summed E-state index contributed by atoms with van der Waals surface area (Å²) in [4.78, 5) is 0. The van der Waals surface area contributed by atoms with Gasteiger partial charge in [0.1, 0.15) is 0 Å². The minimum absolute atomic E-state index is 0.209. The van der Waals surface area contributed by atoms with E-state index in [1.165, 1.54) is 25.2 Å². The lowest BCUT2D eigenvalue weighted by molar-refractivity contribution is 0.296. The molecule has 0 aliphatic carbocycles. The minimum Gasteiger partial charge on any atom is -0.396 e. The second-order valence-electron chi connectivity index (χ2n) is 3.56. The molecule has 2 heteroatoms. The van der Waals surface area contributed by atoms with Crippen LogP contribution in [0.25, 0.3) is 0 Å². The van der Waals surface area contributed by atoms with Gasteiger partial charge in [-0.3, -0.25) is 0 Å². The van der Waals surface area contributed by atoms with E-state index in [1.807, 2.05) is 0 Å². The molecule has 1 atom stereocenters. The molecule has 0 aliphatic heterocycles. The molecule has 0 rings (SSSR count). The number of aliphatic hydroxyl groups excluding tert-OH is 1. The van der Waals surface area contributed by atoms with Crippen molar-refractivity contribution in [3.63, 3.8) is 0 Å². The van der Waals surface area contributed by atoms with Crippen LogP contribution in [0.15, 0.2) is 0 Å². The molecule has 12 heavy (non-hydrogen) atoms. The summed E-state index contributed by atoms with van der Waals surface area (Å²) in [6.45, 7) is 7.26. The minimum atomic E-state index is 0.209. The zero-order chi connectivity index (χ0) is 9.40. The first-order valence-electron chi connectivity index (χ1n) is 5.07. The van der Waals surface area contributed by atoms with Crippen molar-refractivity contribution in [2.24, 2.45) is 0 Å². The van der Waals surface area contributed by atoms with Gasteiger partial charge in [-0.05, 0) is 30.8 Å². The van der Waals surface area contributed by atoms with E-state index in [-0.39, 0.29) is 7.92 Å². The average molecular weight is 190 g/mol. The maximum absolute atomic E-state index is 8.73. The van der Waals surface area contributed by atoms with Crippen LogP contribution in [0.1, 0.15) is 40.0 Å². The molecule has 1 nitrogen and oxygen atoms in total. The molecule has 0 aromatic heterocycles. The largest absolute Gasteiger partial charge is 0.396 e. The highest BCUT2D eigenvalue weighted by atomic mass is 31.1. The number of unbranched alkanes of at least 4 members (excludes halogenated alkanes) is 1. The SMILES string of the molecule is CCCCP(CCCO)C(C)C. The van der Waals surface area contributed by atoms with Crippen molar-refractivity contribution >= 4 is 7.92 Å². The first-order chi connectivity index (χ1) is 5.72. The number of aliphatic hydroxyl groups is 1. The van der Waals surface area contributed by atoms with E-state index in [2.05, 4.69) is 20.8 Å². The number of hydrogen-bond acceptors (Lipinski definition) is 1. The third-order valence-corrected chi connectivity index (χ3v) is 5.37. The summed E-state index contributed by atoms with van der Waals surface area (Å²) in [5.41, 5.74) is 0.845. The molecule has 0 aromatic carbocycles. The molecular formula is C10H23OP. The fourth-order valence-electron chi connectivity index (χ4n) is 1.26. The second-order valence-corrected chi connectivity index (χ2v) is 6.67. The summed E-state index contributed by atoms with van der Waals surface area (Å²) < 4.78 is 0. The molecule has 1 N–H and O–H groups in total. The topological polar surface area (TPSA) is 20.2 Å². The van der Waals surface area contributed by atoms with Gasteiger partial charge in [-0.15, -0.1) is 7.92 Å². The van der Waals surface area contributed by atoms with Gasteiger partial charge >= 0.3 is 0 Å². The van der Waals surface area contributed by atoms with Crippen LogP contribution in [0.2, 0.25) is 0 Å². The molecule has 0 aromatic rings. The van der Waals surface area contributed by atoms with Gasteiger partial charge in [0.2, 0.25) is 0 Å². The van der Waals surface area contributed by atoms with Gasteiger partial charge in [0.15, 0.2) is 0 Å². The summed E-state index contributed by atoms with van der Waals surface area (Å²) >= 11 is 0. The van der Waals surface area contributed by atoms with Gasteiger partial charge in [-0.25, -0.2) is 0 Å². The Morgan fingerprint density at radius 1 is 1.17 bits per heavy atom. The molecule has 0 radical (unpaired) electrons. The van der Waals surface area contributed by atoms with Crippen LogP contribution in [0.3, 0.4) is 0 Å². The second kappa shape index (κ2) is 8.01. The Kier molecular flexibility index (Phi) is 8.27. The van der Waals surface area contributed by atoms with Gasteiger partial charge in [-0.2, -0.15) is 0 Å². The zero-order valence-electron chi connectivity index (χ0n) is 8.71. The Morgan fingerprint density at radius 3 is 2.17 bits per heavy atom. The van der Waals surface area contributed by atoms with Crippen molar-refractivity contribution in [2.45, 2.75) is 45.7 Å². The molecule has 0 spiro atoms. The van der Waals surface area contributed by atoms with E-state index in [0.717, 1.165) is 12.1 Å². The van der Waals surface area contributed by atoms with Crippen LogP contribution in [0.4, 0.5) is 0 Å². The number of hydrogen-bond donors (Lipinski definition) is 1. The fraction of sp³-hybridized carbons (Fsp3) is 1.00. The maximum Gasteiger partial charge on any atom is 0.0434 e. The van der Waals surface area contributed by atoms with E-state index in [9.17, 15) is 0 Å². The highest BCUT2D eigenvalue weighted by Crippen LogP contribution is 2.42. The lowest BCUT2D eigenvalue weighted by Gasteiger charge is -2.20. The molecule has 0 aliphatic rings. The maximum atomic E-state index is 8.73. The van der Waals surface area contributed by atoms with Crippen molar-refractivity contribution in [1.82, 2.24) is 0 Å². The molecule has 0 bridgehead atoms. The van der Waals surface area contributed by atoms with E-state index in [0.29, 0.717) is 6.61 Å². The van der Waals surface area contributed by atoms with E-state index in [1.54, 1.807) is 0 Å². The molecule has 1 unspecified atom stereocenters. The molecular weight excluding hydrogens is 167 g/mol. The molecule has 0 fully saturated rings. The van der Waals surface area contributed by atoms with Crippen LogP contribution in [0, 0.1) is 0 Å². The average Bonchev–Trinajstić information content (AvgIpc) is 2.04. The summed E-state index contributed by atoms with van der Waals surface area (Å²) in [6, 6.07) is 0. The third-order valence-electron chi connectivity index (χ3n) is 2.13.